The van der Waals surface area contributed by atoms with Crippen LogP contribution in [0.25, 0.3) is 0 Å². The molecule has 1 N–H and O–H groups in total. The molecule has 0 aromatic heterocycles. The monoisotopic (exact) mass is 251 g/mol. The highest BCUT2D eigenvalue weighted by atomic mass is 16.3. The Morgan fingerprint density at radius 1 is 1.05 bits per heavy atom. The molecule has 1 atom stereocenters. The number of hydrogen-bond donors (Lipinski definition) is 1. The van der Waals surface area contributed by atoms with E-state index in [1.807, 2.05) is 30.3 Å². The third-order valence-electron chi connectivity index (χ3n) is 3.19. The van der Waals surface area contributed by atoms with Gasteiger partial charge in [-0.25, -0.2) is 0 Å². The number of nitriles is 1. The van der Waals surface area contributed by atoms with Crippen LogP contribution in [0.15, 0.2) is 54.6 Å². The van der Waals surface area contributed by atoms with Gasteiger partial charge in [0.1, 0.15) is 0 Å². The zero-order valence-corrected chi connectivity index (χ0v) is 10.8. The SMILES string of the molecule is N#Cc1cccc(C(O)CCCc2ccccc2)c1. The summed E-state index contributed by atoms with van der Waals surface area (Å²) >= 11 is 0. The molecule has 0 saturated heterocycles. The fourth-order valence-electron chi connectivity index (χ4n) is 2.13. The molecule has 2 heteroatoms. The van der Waals surface area contributed by atoms with Crippen molar-refractivity contribution in [2.75, 3.05) is 0 Å². The third kappa shape index (κ3) is 3.94. The summed E-state index contributed by atoms with van der Waals surface area (Å²) < 4.78 is 0. The summed E-state index contributed by atoms with van der Waals surface area (Å²) in [5.41, 5.74) is 2.71. The first-order chi connectivity index (χ1) is 9.29. The number of aryl methyl sites for hydroxylation is 1. The van der Waals surface area contributed by atoms with Gasteiger partial charge in [0.15, 0.2) is 0 Å². The van der Waals surface area contributed by atoms with Crippen LogP contribution in [0.5, 0.6) is 0 Å². The zero-order chi connectivity index (χ0) is 13.5. The molecule has 0 spiro atoms. The Hall–Kier alpha value is -2.11. The van der Waals surface area contributed by atoms with Crippen LogP contribution < -0.4 is 0 Å². The molecule has 0 heterocycles. The standard InChI is InChI=1S/C17H17NO/c18-13-15-9-4-10-16(12-15)17(19)11-5-8-14-6-2-1-3-7-14/h1-4,6-7,9-10,12,17,19H,5,8,11H2. The molecule has 0 aliphatic carbocycles. The van der Waals surface area contributed by atoms with Gasteiger partial charge in [-0.05, 0) is 42.5 Å². The molecule has 0 fully saturated rings. The lowest BCUT2D eigenvalue weighted by molar-refractivity contribution is 0.164. The summed E-state index contributed by atoms with van der Waals surface area (Å²) in [5.74, 6) is 0. The van der Waals surface area contributed by atoms with Crippen molar-refractivity contribution in [3.8, 4) is 6.07 Å². The van der Waals surface area contributed by atoms with E-state index in [9.17, 15) is 5.11 Å². The van der Waals surface area contributed by atoms with E-state index >= 15 is 0 Å². The van der Waals surface area contributed by atoms with Gasteiger partial charge in [0.05, 0.1) is 17.7 Å². The molecule has 2 nitrogen and oxygen atoms in total. The maximum atomic E-state index is 10.1. The Bertz CT molecular complexity index is 557. The fourth-order valence-corrected chi connectivity index (χ4v) is 2.13. The highest BCUT2D eigenvalue weighted by Gasteiger charge is 2.07. The van der Waals surface area contributed by atoms with Crippen LogP contribution in [0.3, 0.4) is 0 Å². The molecule has 0 saturated carbocycles. The number of benzene rings is 2. The van der Waals surface area contributed by atoms with E-state index in [-0.39, 0.29) is 0 Å². The van der Waals surface area contributed by atoms with Crippen molar-refractivity contribution in [1.82, 2.24) is 0 Å². The van der Waals surface area contributed by atoms with Crippen molar-refractivity contribution >= 4 is 0 Å². The van der Waals surface area contributed by atoms with Crippen LogP contribution in [-0.4, -0.2) is 5.11 Å². The summed E-state index contributed by atoms with van der Waals surface area (Å²) in [6.45, 7) is 0. The normalized spacial score (nSPS) is 11.8. The molecule has 0 aliphatic heterocycles. The van der Waals surface area contributed by atoms with Crippen molar-refractivity contribution in [3.63, 3.8) is 0 Å². The fraction of sp³-hybridized carbons (Fsp3) is 0.235. The summed E-state index contributed by atoms with van der Waals surface area (Å²) in [7, 11) is 0. The van der Waals surface area contributed by atoms with Crippen molar-refractivity contribution in [1.29, 1.82) is 5.26 Å². The van der Waals surface area contributed by atoms with Gasteiger partial charge >= 0.3 is 0 Å². The van der Waals surface area contributed by atoms with Crippen LogP contribution in [-0.2, 0) is 6.42 Å². The van der Waals surface area contributed by atoms with Gasteiger partial charge in [-0.1, -0.05) is 42.5 Å². The average molecular weight is 251 g/mol. The van der Waals surface area contributed by atoms with E-state index in [0.717, 1.165) is 18.4 Å². The van der Waals surface area contributed by atoms with Gasteiger partial charge in [-0.15, -0.1) is 0 Å². The maximum absolute atomic E-state index is 10.1. The second kappa shape index (κ2) is 6.72. The number of aliphatic hydroxyl groups is 1. The summed E-state index contributed by atoms with van der Waals surface area (Å²) in [4.78, 5) is 0. The molecule has 96 valence electrons. The molecule has 19 heavy (non-hydrogen) atoms. The number of hydrogen-bond acceptors (Lipinski definition) is 2. The molecule has 0 amide bonds. The van der Waals surface area contributed by atoms with E-state index in [1.54, 1.807) is 12.1 Å². The van der Waals surface area contributed by atoms with Gasteiger partial charge in [0, 0.05) is 0 Å². The van der Waals surface area contributed by atoms with Crippen LogP contribution in [0.2, 0.25) is 0 Å². The predicted octanol–water partition coefficient (Wildman–Crippen LogP) is 3.61. The minimum Gasteiger partial charge on any atom is -0.388 e. The van der Waals surface area contributed by atoms with Crippen LogP contribution >= 0.6 is 0 Å². The molecular weight excluding hydrogens is 234 g/mol. The first kappa shape index (κ1) is 13.3. The highest BCUT2D eigenvalue weighted by Crippen LogP contribution is 2.20. The van der Waals surface area contributed by atoms with E-state index in [0.29, 0.717) is 12.0 Å². The van der Waals surface area contributed by atoms with E-state index in [2.05, 4.69) is 18.2 Å². The molecule has 0 aliphatic rings. The third-order valence-corrected chi connectivity index (χ3v) is 3.19. The van der Waals surface area contributed by atoms with Crippen molar-refractivity contribution in [3.05, 3.63) is 71.3 Å². The first-order valence-corrected chi connectivity index (χ1v) is 6.51. The largest absolute Gasteiger partial charge is 0.388 e. The minimum absolute atomic E-state index is 0.489. The van der Waals surface area contributed by atoms with Crippen molar-refractivity contribution < 1.29 is 5.11 Å². The molecule has 0 radical (unpaired) electrons. The smallest absolute Gasteiger partial charge is 0.0991 e. The lowest BCUT2D eigenvalue weighted by Gasteiger charge is -2.11. The highest BCUT2D eigenvalue weighted by molar-refractivity contribution is 5.33. The summed E-state index contributed by atoms with van der Waals surface area (Å²) in [6.07, 6.45) is 2.12. The van der Waals surface area contributed by atoms with E-state index in [1.165, 1.54) is 5.56 Å². The van der Waals surface area contributed by atoms with E-state index in [4.69, 9.17) is 5.26 Å². The maximum Gasteiger partial charge on any atom is 0.0991 e. The van der Waals surface area contributed by atoms with Gasteiger partial charge in [0.2, 0.25) is 0 Å². The first-order valence-electron chi connectivity index (χ1n) is 6.51. The summed E-state index contributed by atoms with van der Waals surface area (Å²) in [6, 6.07) is 19.5. The van der Waals surface area contributed by atoms with E-state index < -0.39 is 6.10 Å². The Labute approximate surface area is 114 Å². The van der Waals surface area contributed by atoms with Gasteiger partial charge < -0.3 is 5.11 Å². The number of aliphatic hydroxyl groups excluding tert-OH is 1. The Morgan fingerprint density at radius 3 is 2.58 bits per heavy atom. The Kier molecular flexibility index (Phi) is 4.72. The molecule has 2 aromatic rings. The Morgan fingerprint density at radius 2 is 1.84 bits per heavy atom. The van der Waals surface area contributed by atoms with Gasteiger partial charge in [-0.3, -0.25) is 0 Å². The van der Waals surface area contributed by atoms with Crippen molar-refractivity contribution in [2.45, 2.75) is 25.4 Å². The van der Waals surface area contributed by atoms with Crippen LogP contribution in [0, 0.1) is 11.3 Å². The lowest BCUT2D eigenvalue weighted by Crippen LogP contribution is -1.99. The summed E-state index contributed by atoms with van der Waals surface area (Å²) in [5, 5.41) is 18.9. The zero-order valence-electron chi connectivity index (χ0n) is 10.8. The second-order valence-corrected chi connectivity index (χ2v) is 4.63. The van der Waals surface area contributed by atoms with Crippen molar-refractivity contribution in [2.24, 2.45) is 0 Å². The predicted molar refractivity (Wildman–Crippen MR) is 75.5 cm³/mol. The molecule has 0 bridgehead atoms. The molecule has 2 rings (SSSR count). The second-order valence-electron chi connectivity index (χ2n) is 4.63. The van der Waals surface area contributed by atoms with Crippen LogP contribution in [0.1, 0.15) is 35.6 Å². The van der Waals surface area contributed by atoms with Gasteiger partial charge in [0.25, 0.3) is 0 Å². The van der Waals surface area contributed by atoms with Crippen LogP contribution in [0.4, 0.5) is 0 Å². The number of rotatable bonds is 5. The molecule has 1 unspecified atom stereocenters. The topological polar surface area (TPSA) is 44.0 Å². The molecule has 2 aromatic carbocycles. The number of nitrogens with zero attached hydrogens (tertiary/aromatic N) is 1. The average Bonchev–Trinajstić information content (AvgIpc) is 2.48. The molecular formula is C17H17NO. The minimum atomic E-state index is -0.489. The quantitative estimate of drug-likeness (QED) is 0.882. The van der Waals surface area contributed by atoms with Gasteiger partial charge in [-0.2, -0.15) is 5.26 Å². The Balaban J connectivity index is 1.87. The lowest BCUT2D eigenvalue weighted by atomic mass is 10.00.